The Hall–Kier alpha value is -1.06. The van der Waals surface area contributed by atoms with Crippen molar-refractivity contribution in [2.24, 2.45) is 5.92 Å². The molecule has 0 radical (unpaired) electrons. The third kappa shape index (κ3) is 2.69. The van der Waals surface area contributed by atoms with Crippen LogP contribution < -0.4 is 10.1 Å². The minimum atomic E-state index is -0.0375. The highest BCUT2D eigenvalue weighted by molar-refractivity contribution is 5.41. The Balaban J connectivity index is 1.40. The van der Waals surface area contributed by atoms with Gasteiger partial charge in [-0.3, -0.25) is 0 Å². The molecule has 3 nitrogen and oxygen atoms in total. The molecule has 0 aliphatic carbocycles. The quantitative estimate of drug-likeness (QED) is 0.924. The van der Waals surface area contributed by atoms with Gasteiger partial charge < -0.3 is 15.0 Å². The topological polar surface area (TPSA) is 24.5 Å². The zero-order valence-electron chi connectivity index (χ0n) is 13.2. The average molecular weight is 286 g/mol. The highest BCUT2D eigenvalue weighted by atomic mass is 16.5. The Morgan fingerprint density at radius 3 is 2.81 bits per heavy atom. The molecule has 4 aliphatic rings. The zero-order valence-corrected chi connectivity index (χ0v) is 13.2. The summed E-state index contributed by atoms with van der Waals surface area (Å²) < 4.78 is 5.96. The van der Waals surface area contributed by atoms with Crippen molar-refractivity contribution >= 4 is 0 Å². The predicted molar refractivity (Wildman–Crippen MR) is 84.6 cm³/mol. The van der Waals surface area contributed by atoms with Crippen LogP contribution in [0.15, 0.2) is 18.2 Å². The number of ether oxygens (including phenoxy) is 1. The van der Waals surface area contributed by atoms with Gasteiger partial charge in [-0.25, -0.2) is 0 Å². The lowest BCUT2D eigenvalue weighted by Crippen LogP contribution is -2.55. The molecule has 3 saturated heterocycles. The first kappa shape index (κ1) is 13.6. The molecule has 1 aromatic rings. The van der Waals surface area contributed by atoms with Gasteiger partial charge in [0, 0.05) is 25.6 Å². The fraction of sp³-hybridized carbons (Fsp3) is 0.667. The van der Waals surface area contributed by atoms with Gasteiger partial charge in [0.05, 0.1) is 0 Å². The molecule has 1 aromatic carbocycles. The normalized spacial score (nSPS) is 32.8. The van der Waals surface area contributed by atoms with Crippen molar-refractivity contribution in [3.05, 3.63) is 29.3 Å². The van der Waals surface area contributed by atoms with E-state index in [9.17, 15) is 0 Å². The molecule has 21 heavy (non-hydrogen) atoms. The summed E-state index contributed by atoms with van der Waals surface area (Å²) >= 11 is 0. The van der Waals surface area contributed by atoms with Crippen LogP contribution in [0, 0.1) is 5.92 Å². The Kier molecular flexibility index (Phi) is 3.23. The molecule has 0 amide bonds. The molecule has 2 bridgehead atoms. The number of hydrogen-bond donors (Lipinski definition) is 1. The molecule has 5 rings (SSSR count). The molecule has 0 spiro atoms. The number of benzene rings is 1. The number of rotatable bonds is 3. The van der Waals surface area contributed by atoms with Crippen molar-refractivity contribution in [3.63, 3.8) is 0 Å². The predicted octanol–water partition coefficient (Wildman–Crippen LogP) is 2.58. The molecule has 4 aliphatic heterocycles. The van der Waals surface area contributed by atoms with Gasteiger partial charge in [-0.15, -0.1) is 0 Å². The smallest absolute Gasteiger partial charge is 0.123 e. The van der Waals surface area contributed by atoms with Gasteiger partial charge in [-0.2, -0.15) is 0 Å². The Morgan fingerprint density at radius 2 is 2.10 bits per heavy atom. The SMILES string of the molecule is CC1(C)Cc2cc(CNC3CN4CCC3CC4)ccc2O1. The number of hydrogen-bond acceptors (Lipinski definition) is 3. The van der Waals surface area contributed by atoms with Crippen LogP contribution in [0.4, 0.5) is 0 Å². The first-order valence-corrected chi connectivity index (χ1v) is 8.36. The van der Waals surface area contributed by atoms with E-state index in [1.54, 1.807) is 0 Å². The van der Waals surface area contributed by atoms with Crippen LogP contribution in [0.5, 0.6) is 5.75 Å². The zero-order chi connectivity index (χ0) is 14.4. The van der Waals surface area contributed by atoms with E-state index in [1.165, 1.54) is 43.6 Å². The van der Waals surface area contributed by atoms with E-state index < -0.39 is 0 Å². The molecule has 4 heterocycles. The van der Waals surface area contributed by atoms with Gasteiger partial charge >= 0.3 is 0 Å². The molecule has 1 unspecified atom stereocenters. The lowest BCUT2D eigenvalue weighted by atomic mass is 9.84. The summed E-state index contributed by atoms with van der Waals surface area (Å²) in [4.78, 5) is 2.61. The number of piperidine rings is 3. The summed E-state index contributed by atoms with van der Waals surface area (Å²) in [5, 5.41) is 3.80. The van der Waals surface area contributed by atoms with Crippen LogP contribution in [0.3, 0.4) is 0 Å². The maximum absolute atomic E-state index is 5.96. The third-order valence-electron chi connectivity index (χ3n) is 5.35. The number of fused-ring (bicyclic) bond motifs is 4. The summed E-state index contributed by atoms with van der Waals surface area (Å²) in [5.74, 6) is 1.97. The summed E-state index contributed by atoms with van der Waals surface area (Å²) in [6.45, 7) is 9.19. The second-order valence-electron chi connectivity index (χ2n) is 7.61. The van der Waals surface area contributed by atoms with Crippen LogP contribution in [0.2, 0.25) is 0 Å². The summed E-state index contributed by atoms with van der Waals surface area (Å²) in [6.07, 6.45) is 3.78. The van der Waals surface area contributed by atoms with E-state index in [0.717, 1.165) is 24.6 Å². The van der Waals surface area contributed by atoms with E-state index >= 15 is 0 Å². The van der Waals surface area contributed by atoms with Gasteiger partial charge in [0.15, 0.2) is 0 Å². The van der Waals surface area contributed by atoms with E-state index in [0.29, 0.717) is 6.04 Å². The summed E-state index contributed by atoms with van der Waals surface area (Å²) in [7, 11) is 0. The lowest BCUT2D eigenvalue weighted by molar-refractivity contribution is 0.0720. The largest absolute Gasteiger partial charge is 0.487 e. The monoisotopic (exact) mass is 286 g/mol. The van der Waals surface area contributed by atoms with Gasteiger partial charge in [0.2, 0.25) is 0 Å². The molecule has 1 N–H and O–H groups in total. The van der Waals surface area contributed by atoms with Crippen LogP contribution in [0.25, 0.3) is 0 Å². The second-order valence-corrected chi connectivity index (χ2v) is 7.61. The number of nitrogens with one attached hydrogen (secondary N) is 1. The number of nitrogens with zero attached hydrogens (tertiary/aromatic N) is 1. The fourth-order valence-corrected chi connectivity index (χ4v) is 4.22. The molecule has 0 aromatic heterocycles. The summed E-state index contributed by atoms with van der Waals surface area (Å²) in [6, 6.07) is 7.39. The van der Waals surface area contributed by atoms with E-state index in [2.05, 4.69) is 42.3 Å². The van der Waals surface area contributed by atoms with Gasteiger partial charge in [0.25, 0.3) is 0 Å². The van der Waals surface area contributed by atoms with Crippen molar-refractivity contribution < 1.29 is 4.74 Å². The minimum Gasteiger partial charge on any atom is -0.487 e. The fourth-order valence-electron chi connectivity index (χ4n) is 4.22. The van der Waals surface area contributed by atoms with Crippen molar-refractivity contribution in [3.8, 4) is 5.75 Å². The third-order valence-corrected chi connectivity index (χ3v) is 5.35. The van der Waals surface area contributed by atoms with Crippen LogP contribution in [0.1, 0.15) is 37.8 Å². The molecule has 3 heteroatoms. The van der Waals surface area contributed by atoms with E-state index in [-0.39, 0.29) is 5.60 Å². The van der Waals surface area contributed by atoms with Crippen molar-refractivity contribution in [2.75, 3.05) is 19.6 Å². The van der Waals surface area contributed by atoms with Crippen LogP contribution >= 0.6 is 0 Å². The Labute approximate surface area is 127 Å². The minimum absolute atomic E-state index is 0.0375. The lowest BCUT2D eigenvalue weighted by Gasteiger charge is -2.45. The standard InChI is InChI=1S/C18H26N2O/c1-18(2)10-15-9-13(3-4-17(15)21-18)11-19-16-12-20-7-5-14(16)6-8-20/h3-4,9,14,16,19H,5-8,10-12H2,1-2H3. The Bertz CT molecular complexity index is 532. The Morgan fingerprint density at radius 1 is 1.29 bits per heavy atom. The van der Waals surface area contributed by atoms with Gasteiger partial charge in [-0.05, 0) is 62.9 Å². The maximum atomic E-state index is 5.96. The van der Waals surface area contributed by atoms with E-state index in [1.807, 2.05) is 0 Å². The van der Waals surface area contributed by atoms with Gasteiger partial charge in [0.1, 0.15) is 11.4 Å². The second kappa shape index (κ2) is 4.99. The molecule has 3 fully saturated rings. The molecule has 1 atom stereocenters. The van der Waals surface area contributed by atoms with Gasteiger partial charge in [-0.1, -0.05) is 12.1 Å². The van der Waals surface area contributed by atoms with Crippen LogP contribution in [-0.4, -0.2) is 36.2 Å². The average Bonchev–Trinajstić information content (AvgIpc) is 2.79. The maximum Gasteiger partial charge on any atom is 0.123 e. The molecule has 114 valence electrons. The molecular formula is C18H26N2O. The van der Waals surface area contributed by atoms with E-state index in [4.69, 9.17) is 4.74 Å². The van der Waals surface area contributed by atoms with Crippen molar-refractivity contribution in [1.29, 1.82) is 0 Å². The summed E-state index contributed by atoms with van der Waals surface area (Å²) in [5.41, 5.74) is 2.73. The highest BCUT2D eigenvalue weighted by Crippen LogP contribution is 2.35. The molecule has 0 saturated carbocycles. The molecular weight excluding hydrogens is 260 g/mol. The first-order chi connectivity index (χ1) is 10.1. The van der Waals surface area contributed by atoms with Crippen LogP contribution in [-0.2, 0) is 13.0 Å². The van der Waals surface area contributed by atoms with Crippen molar-refractivity contribution in [1.82, 2.24) is 10.2 Å². The van der Waals surface area contributed by atoms with Crippen molar-refractivity contribution in [2.45, 2.75) is 51.3 Å². The first-order valence-electron chi connectivity index (χ1n) is 8.36. The highest BCUT2D eigenvalue weighted by Gasteiger charge is 2.34.